The van der Waals surface area contributed by atoms with E-state index >= 15 is 0 Å². The van der Waals surface area contributed by atoms with Gasteiger partial charge in [0.05, 0.1) is 23.2 Å². The molecule has 0 aromatic heterocycles. The van der Waals surface area contributed by atoms with E-state index in [1.54, 1.807) is 6.07 Å². The van der Waals surface area contributed by atoms with Crippen molar-refractivity contribution in [3.8, 4) is 0 Å². The molecule has 1 fully saturated rings. The van der Waals surface area contributed by atoms with Gasteiger partial charge in [-0.05, 0) is 18.9 Å². The van der Waals surface area contributed by atoms with Crippen LogP contribution >= 0.6 is 0 Å². The zero-order valence-corrected chi connectivity index (χ0v) is 10.7. The molecular formula is C13H16N2O4. The third-order valence-electron chi connectivity index (χ3n) is 3.88. The zero-order valence-electron chi connectivity index (χ0n) is 10.7. The zero-order chi connectivity index (χ0) is 14.0. The van der Waals surface area contributed by atoms with Crippen molar-refractivity contribution in [2.45, 2.75) is 24.7 Å². The van der Waals surface area contributed by atoms with Crippen molar-refractivity contribution in [3.05, 3.63) is 39.4 Å². The first kappa shape index (κ1) is 13.5. The number of hydrogen-bond acceptors (Lipinski definition) is 5. The van der Waals surface area contributed by atoms with Crippen LogP contribution in [0.15, 0.2) is 18.2 Å². The number of rotatable bonds is 4. The summed E-state index contributed by atoms with van der Waals surface area (Å²) in [5.74, 6) is -0.557. The van der Waals surface area contributed by atoms with Crippen LogP contribution in [-0.4, -0.2) is 24.5 Å². The van der Waals surface area contributed by atoms with Crippen LogP contribution in [0, 0.1) is 10.1 Å². The summed E-state index contributed by atoms with van der Waals surface area (Å²) in [5, 5.41) is 11.2. The maximum Gasteiger partial charge on any atom is 0.338 e. The summed E-state index contributed by atoms with van der Waals surface area (Å²) in [7, 11) is 1.26. The lowest BCUT2D eigenvalue weighted by atomic mass is 9.63. The fraction of sp³-hybridized carbons (Fsp3) is 0.462. The van der Waals surface area contributed by atoms with Crippen molar-refractivity contribution in [2.24, 2.45) is 5.73 Å². The summed E-state index contributed by atoms with van der Waals surface area (Å²) >= 11 is 0. The van der Waals surface area contributed by atoms with E-state index in [0.29, 0.717) is 12.1 Å². The maximum absolute atomic E-state index is 11.8. The summed E-state index contributed by atoms with van der Waals surface area (Å²) in [6.07, 6.45) is 2.49. The number of ether oxygens (including phenoxy) is 1. The third kappa shape index (κ3) is 2.08. The third-order valence-corrected chi connectivity index (χ3v) is 3.88. The molecule has 1 aromatic carbocycles. The number of carbonyl (C=O) groups is 1. The molecule has 0 atom stereocenters. The van der Waals surface area contributed by atoms with Gasteiger partial charge in [-0.1, -0.05) is 12.5 Å². The molecule has 1 aromatic rings. The molecule has 0 spiro atoms. The molecule has 1 saturated carbocycles. The summed E-state index contributed by atoms with van der Waals surface area (Å²) in [5.41, 5.74) is 5.98. The number of nitro benzene ring substituents is 1. The molecular weight excluding hydrogens is 248 g/mol. The molecule has 0 bridgehead atoms. The Kier molecular flexibility index (Phi) is 3.53. The van der Waals surface area contributed by atoms with Gasteiger partial charge in [0.15, 0.2) is 0 Å². The van der Waals surface area contributed by atoms with Crippen LogP contribution in [0.1, 0.15) is 35.2 Å². The minimum atomic E-state index is -0.557. The highest BCUT2D eigenvalue weighted by molar-refractivity contribution is 5.93. The largest absolute Gasteiger partial charge is 0.465 e. The first-order chi connectivity index (χ1) is 9.05. The molecule has 1 aliphatic rings. The van der Waals surface area contributed by atoms with Gasteiger partial charge in [-0.2, -0.15) is 0 Å². The molecule has 6 heteroatoms. The molecule has 102 valence electrons. The van der Waals surface area contributed by atoms with Gasteiger partial charge >= 0.3 is 5.97 Å². The lowest BCUT2D eigenvalue weighted by Gasteiger charge is -2.41. The van der Waals surface area contributed by atoms with Gasteiger partial charge < -0.3 is 10.5 Å². The number of carbonyl (C=O) groups excluding carboxylic acids is 1. The van der Waals surface area contributed by atoms with Crippen LogP contribution in [0.2, 0.25) is 0 Å². The predicted octanol–water partition coefficient (Wildman–Crippen LogP) is 1.76. The van der Waals surface area contributed by atoms with E-state index < -0.39 is 16.3 Å². The van der Waals surface area contributed by atoms with Gasteiger partial charge in [-0.25, -0.2) is 4.79 Å². The summed E-state index contributed by atoms with van der Waals surface area (Å²) in [6.45, 7) is 0.293. The van der Waals surface area contributed by atoms with Gasteiger partial charge in [0, 0.05) is 18.0 Å². The minimum Gasteiger partial charge on any atom is -0.465 e. The van der Waals surface area contributed by atoms with E-state index in [-0.39, 0.29) is 11.3 Å². The fourth-order valence-corrected chi connectivity index (χ4v) is 2.69. The van der Waals surface area contributed by atoms with Crippen LogP contribution < -0.4 is 5.73 Å². The SMILES string of the molecule is COC(=O)c1cccc([N+](=O)[O-])c1C1(CN)CCC1. The Morgan fingerprint density at radius 2 is 2.21 bits per heavy atom. The molecule has 0 saturated heterocycles. The van der Waals surface area contributed by atoms with Crippen molar-refractivity contribution < 1.29 is 14.5 Å². The Hall–Kier alpha value is -1.95. The van der Waals surface area contributed by atoms with Crippen LogP contribution in [0.4, 0.5) is 5.69 Å². The molecule has 2 rings (SSSR count). The summed E-state index contributed by atoms with van der Waals surface area (Å²) in [6, 6.07) is 4.47. The summed E-state index contributed by atoms with van der Waals surface area (Å²) in [4.78, 5) is 22.6. The number of esters is 1. The molecule has 0 unspecified atom stereocenters. The predicted molar refractivity (Wildman–Crippen MR) is 69.0 cm³/mol. The van der Waals surface area contributed by atoms with E-state index in [9.17, 15) is 14.9 Å². The van der Waals surface area contributed by atoms with Crippen molar-refractivity contribution >= 4 is 11.7 Å². The van der Waals surface area contributed by atoms with Gasteiger partial charge in [0.25, 0.3) is 5.69 Å². The molecule has 0 heterocycles. The van der Waals surface area contributed by atoms with Crippen molar-refractivity contribution in [1.82, 2.24) is 0 Å². The molecule has 0 radical (unpaired) electrons. The second-order valence-electron chi connectivity index (χ2n) is 4.79. The van der Waals surface area contributed by atoms with Crippen LogP contribution in [0.3, 0.4) is 0 Å². The van der Waals surface area contributed by atoms with E-state index in [1.165, 1.54) is 19.2 Å². The summed E-state index contributed by atoms with van der Waals surface area (Å²) < 4.78 is 4.72. The lowest BCUT2D eigenvalue weighted by Crippen LogP contribution is -2.43. The Labute approximate surface area is 110 Å². The van der Waals surface area contributed by atoms with Gasteiger partial charge in [0.2, 0.25) is 0 Å². The number of nitrogens with zero attached hydrogens (tertiary/aromatic N) is 1. The number of nitro groups is 1. The van der Waals surface area contributed by atoms with Gasteiger partial charge in [0.1, 0.15) is 0 Å². The standard InChI is InChI=1S/C13H16N2O4/c1-19-12(16)9-4-2-5-10(15(17)18)11(9)13(8-14)6-3-7-13/h2,4-5H,3,6-8,14H2,1H3. The quantitative estimate of drug-likeness (QED) is 0.508. The molecule has 6 nitrogen and oxygen atoms in total. The van der Waals surface area contributed by atoms with Gasteiger partial charge in [-0.3, -0.25) is 10.1 Å². The monoisotopic (exact) mass is 264 g/mol. The number of methoxy groups -OCH3 is 1. The first-order valence-corrected chi connectivity index (χ1v) is 6.12. The van der Waals surface area contributed by atoms with Crippen LogP contribution in [0.25, 0.3) is 0 Å². The molecule has 19 heavy (non-hydrogen) atoms. The smallest absolute Gasteiger partial charge is 0.338 e. The fourth-order valence-electron chi connectivity index (χ4n) is 2.69. The van der Waals surface area contributed by atoms with E-state index in [2.05, 4.69) is 0 Å². The highest BCUT2D eigenvalue weighted by atomic mass is 16.6. The topological polar surface area (TPSA) is 95.5 Å². The van der Waals surface area contributed by atoms with E-state index in [0.717, 1.165) is 19.3 Å². The van der Waals surface area contributed by atoms with E-state index in [1.807, 2.05) is 0 Å². The number of hydrogen-bond donors (Lipinski definition) is 1. The Morgan fingerprint density at radius 1 is 1.53 bits per heavy atom. The number of nitrogens with two attached hydrogens (primary N) is 1. The molecule has 1 aliphatic carbocycles. The van der Waals surface area contributed by atoms with Crippen LogP contribution in [-0.2, 0) is 10.2 Å². The van der Waals surface area contributed by atoms with E-state index in [4.69, 9.17) is 10.5 Å². The average Bonchev–Trinajstić information content (AvgIpc) is 2.37. The normalized spacial score (nSPS) is 16.5. The van der Waals surface area contributed by atoms with Crippen molar-refractivity contribution in [1.29, 1.82) is 0 Å². The molecule has 2 N–H and O–H groups in total. The highest BCUT2D eigenvalue weighted by Crippen LogP contribution is 2.47. The average molecular weight is 264 g/mol. The first-order valence-electron chi connectivity index (χ1n) is 6.12. The maximum atomic E-state index is 11.8. The van der Waals surface area contributed by atoms with Crippen LogP contribution in [0.5, 0.6) is 0 Å². The lowest BCUT2D eigenvalue weighted by molar-refractivity contribution is -0.386. The van der Waals surface area contributed by atoms with Gasteiger partial charge in [-0.15, -0.1) is 0 Å². The second kappa shape index (κ2) is 4.97. The Morgan fingerprint density at radius 3 is 2.63 bits per heavy atom. The molecule has 0 amide bonds. The molecule has 0 aliphatic heterocycles. The highest BCUT2D eigenvalue weighted by Gasteiger charge is 2.44. The number of benzene rings is 1. The van der Waals surface area contributed by atoms with Crippen molar-refractivity contribution in [3.63, 3.8) is 0 Å². The minimum absolute atomic E-state index is 0.0481. The second-order valence-corrected chi connectivity index (χ2v) is 4.79. The Bertz CT molecular complexity index is 518. The Balaban J connectivity index is 2.66. The van der Waals surface area contributed by atoms with Crippen molar-refractivity contribution in [2.75, 3.05) is 13.7 Å².